The van der Waals surface area contributed by atoms with Crippen LogP contribution in [0.4, 0.5) is 0 Å². The molecule has 0 aromatic rings. The minimum Gasteiger partial charge on any atom is -0.277 e. The molecule has 0 atom stereocenters. The Labute approximate surface area is 54.5 Å². The van der Waals surface area contributed by atoms with Crippen LogP contribution >= 0.6 is 0 Å². The van der Waals surface area contributed by atoms with Gasteiger partial charge in [0.25, 0.3) is 0 Å². The topological polar surface area (TPSA) is 50.4 Å². The molecule has 0 unspecified atom stereocenters. The predicted octanol–water partition coefficient (Wildman–Crippen LogP) is -0.0329. The molecule has 0 aliphatic rings. The molecule has 0 aliphatic carbocycles. The van der Waals surface area contributed by atoms with Crippen molar-refractivity contribution in [2.24, 2.45) is 0 Å². The van der Waals surface area contributed by atoms with Crippen LogP contribution in [0.5, 0.6) is 0 Å². The molecule has 0 saturated heterocycles. The number of hydrazine groups is 1. The van der Waals surface area contributed by atoms with E-state index < -0.39 is 0 Å². The molecule has 4 heteroatoms. The fourth-order valence-electron chi connectivity index (χ4n) is 0.207. The highest BCUT2D eigenvalue weighted by molar-refractivity contribution is 5.44. The first-order valence-electron chi connectivity index (χ1n) is 2.68. The molecule has 1 amide bonds. The molecule has 0 spiro atoms. The van der Waals surface area contributed by atoms with Crippen molar-refractivity contribution in [2.75, 3.05) is 0 Å². The first-order chi connectivity index (χ1) is 4.06. The van der Waals surface area contributed by atoms with Crippen LogP contribution in [0.2, 0.25) is 0 Å². The first kappa shape index (κ1) is 8.39. The van der Waals surface area contributed by atoms with Crippen molar-refractivity contribution in [1.82, 2.24) is 11.0 Å². The smallest absolute Gasteiger partial charge is 0.223 e. The van der Waals surface area contributed by atoms with Crippen molar-refractivity contribution in [3.8, 4) is 0 Å². The van der Waals surface area contributed by atoms with Gasteiger partial charge in [-0.3, -0.25) is 15.1 Å². The molecule has 0 aromatic heterocycles. The Balaban J connectivity index is 3.17. The molecule has 54 valence electrons. The van der Waals surface area contributed by atoms with Gasteiger partial charge in [-0.2, -0.15) is 0 Å². The second-order valence-corrected chi connectivity index (χ2v) is 2.58. The van der Waals surface area contributed by atoms with Crippen LogP contribution in [0.15, 0.2) is 0 Å². The maximum Gasteiger partial charge on any atom is 0.223 e. The van der Waals surface area contributed by atoms with Crippen molar-refractivity contribution < 1.29 is 9.63 Å². The number of amides is 1. The highest BCUT2D eigenvalue weighted by Crippen LogP contribution is 2.01. The van der Waals surface area contributed by atoms with Gasteiger partial charge in [0.15, 0.2) is 0 Å². The lowest BCUT2D eigenvalue weighted by molar-refractivity contribution is -0.124. The maximum atomic E-state index is 9.64. The van der Waals surface area contributed by atoms with Crippen LogP contribution < -0.4 is 11.0 Å². The van der Waals surface area contributed by atoms with E-state index in [9.17, 15) is 4.79 Å². The third-order valence-corrected chi connectivity index (χ3v) is 0.475. The monoisotopic (exact) mass is 132 g/mol. The summed E-state index contributed by atoms with van der Waals surface area (Å²) in [5, 5.41) is 0. The highest BCUT2D eigenvalue weighted by Gasteiger charge is 2.08. The zero-order valence-corrected chi connectivity index (χ0v) is 5.89. The number of carbonyl (C=O) groups is 1. The first-order valence-corrected chi connectivity index (χ1v) is 2.68. The quantitative estimate of drug-likeness (QED) is 0.322. The highest BCUT2D eigenvalue weighted by atomic mass is 16.7. The summed E-state index contributed by atoms with van der Waals surface area (Å²) in [5.74, 6) is 0. The lowest BCUT2D eigenvalue weighted by atomic mass is 10.2. The number of nitrogens with one attached hydrogen (secondary N) is 2. The van der Waals surface area contributed by atoms with Gasteiger partial charge in [-0.15, -0.1) is 5.59 Å². The zero-order chi connectivity index (χ0) is 7.33. The predicted molar refractivity (Wildman–Crippen MR) is 33.2 cm³/mol. The second-order valence-electron chi connectivity index (χ2n) is 2.58. The van der Waals surface area contributed by atoms with Crippen molar-refractivity contribution in [1.29, 1.82) is 0 Å². The Kier molecular flexibility index (Phi) is 3.19. The van der Waals surface area contributed by atoms with Crippen molar-refractivity contribution in [2.45, 2.75) is 26.4 Å². The van der Waals surface area contributed by atoms with Crippen LogP contribution in [0.25, 0.3) is 0 Å². The fourth-order valence-corrected chi connectivity index (χ4v) is 0.207. The molecule has 0 rings (SSSR count). The van der Waals surface area contributed by atoms with E-state index in [4.69, 9.17) is 4.84 Å². The number of hydrogen-bond acceptors (Lipinski definition) is 3. The summed E-state index contributed by atoms with van der Waals surface area (Å²) in [7, 11) is 0. The largest absolute Gasteiger partial charge is 0.277 e. The summed E-state index contributed by atoms with van der Waals surface area (Å²) in [5.41, 5.74) is 4.13. The molecule has 4 nitrogen and oxygen atoms in total. The average Bonchev–Trinajstić information content (AvgIpc) is 1.63. The van der Waals surface area contributed by atoms with E-state index >= 15 is 0 Å². The van der Waals surface area contributed by atoms with Gasteiger partial charge in [-0.25, -0.2) is 0 Å². The van der Waals surface area contributed by atoms with E-state index in [-0.39, 0.29) is 5.60 Å². The fraction of sp³-hybridized carbons (Fsp3) is 0.800. The Bertz CT molecular complexity index is 87.4. The number of rotatable bonds is 3. The molecule has 0 aliphatic heterocycles. The summed E-state index contributed by atoms with van der Waals surface area (Å²) < 4.78 is 0. The Morgan fingerprint density at radius 2 is 2.00 bits per heavy atom. The third kappa shape index (κ3) is 7.39. The van der Waals surface area contributed by atoms with Crippen LogP contribution in [0, 0.1) is 0 Å². The lowest BCUT2D eigenvalue weighted by Gasteiger charge is -2.17. The summed E-state index contributed by atoms with van der Waals surface area (Å²) in [4.78, 5) is 14.5. The minimum atomic E-state index is -0.282. The van der Waals surface area contributed by atoms with E-state index in [0.29, 0.717) is 6.41 Å². The van der Waals surface area contributed by atoms with Gasteiger partial charge in [0.1, 0.15) is 0 Å². The molecular formula is C5H12N2O2. The molecule has 0 fully saturated rings. The van der Waals surface area contributed by atoms with Gasteiger partial charge >= 0.3 is 0 Å². The van der Waals surface area contributed by atoms with Crippen molar-refractivity contribution in [3.63, 3.8) is 0 Å². The molecule has 2 N–H and O–H groups in total. The molecule has 0 radical (unpaired) electrons. The van der Waals surface area contributed by atoms with Crippen molar-refractivity contribution >= 4 is 6.41 Å². The Morgan fingerprint density at radius 3 is 2.33 bits per heavy atom. The van der Waals surface area contributed by atoms with Gasteiger partial charge < -0.3 is 0 Å². The third-order valence-electron chi connectivity index (χ3n) is 0.475. The summed E-state index contributed by atoms with van der Waals surface area (Å²) in [6.45, 7) is 5.60. The minimum absolute atomic E-state index is 0.282. The van der Waals surface area contributed by atoms with Crippen LogP contribution in [-0.4, -0.2) is 12.0 Å². The number of carbonyl (C=O) groups excluding carboxylic acids is 1. The Hall–Kier alpha value is -0.610. The SMILES string of the molecule is CC(C)(C)ONNC=O. The van der Waals surface area contributed by atoms with Crippen LogP contribution in [0.1, 0.15) is 20.8 Å². The van der Waals surface area contributed by atoms with Gasteiger partial charge in [0, 0.05) is 0 Å². The normalized spacial score (nSPS) is 11.0. The average molecular weight is 132 g/mol. The lowest BCUT2D eigenvalue weighted by Crippen LogP contribution is -2.37. The van der Waals surface area contributed by atoms with Gasteiger partial charge in [-0.05, 0) is 20.8 Å². The van der Waals surface area contributed by atoms with E-state index in [0.717, 1.165) is 0 Å². The molecule has 9 heavy (non-hydrogen) atoms. The Morgan fingerprint density at radius 1 is 1.44 bits per heavy atom. The molecular weight excluding hydrogens is 120 g/mol. The van der Waals surface area contributed by atoms with E-state index in [1.54, 1.807) is 0 Å². The van der Waals surface area contributed by atoms with E-state index in [2.05, 4.69) is 11.0 Å². The van der Waals surface area contributed by atoms with Crippen molar-refractivity contribution in [3.05, 3.63) is 0 Å². The summed E-state index contributed by atoms with van der Waals surface area (Å²) >= 11 is 0. The van der Waals surface area contributed by atoms with Gasteiger partial charge in [0.05, 0.1) is 5.60 Å². The van der Waals surface area contributed by atoms with Crippen LogP contribution in [0.3, 0.4) is 0 Å². The standard InChI is InChI=1S/C5H12N2O2/c1-5(2,3)9-7-6-4-8/h4,7H,1-3H3,(H,6,8). The second kappa shape index (κ2) is 3.42. The maximum absolute atomic E-state index is 9.64. The molecule has 0 bridgehead atoms. The van der Waals surface area contributed by atoms with Crippen LogP contribution in [-0.2, 0) is 9.63 Å². The van der Waals surface area contributed by atoms with Gasteiger partial charge in [0.2, 0.25) is 6.41 Å². The van der Waals surface area contributed by atoms with E-state index in [1.807, 2.05) is 20.8 Å². The van der Waals surface area contributed by atoms with E-state index in [1.165, 1.54) is 0 Å². The summed E-state index contributed by atoms with van der Waals surface area (Å²) in [6.07, 6.45) is 0.506. The molecule has 0 heterocycles. The zero-order valence-electron chi connectivity index (χ0n) is 5.89. The molecule has 0 aromatic carbocycles. The van der Waals surface area contributed by atoms with Gasteiger partial charge in [-0.1, -0.05) is 0 Å². The summed E-state index contributed by atoms with van der Waals surface area (Å²) in [6, 6.07) is 0. The number of hydrogen-bond donors (Lipinski definition) is 2. The molecule has 0 saturated carbocycles.